The zero-order valence-electron chi connectivity index (χ0n) is 9.42. The molecule has 0 radical (unpaired) electrons. The van der Waals surface area contributed by atoms with Crippen LogP contribution in [0.5, 0.6) is 0 Å². The van der Waals surface area contributed by atoms with Gasteiger partial charge in [-0.15, -0.1) is 0 Å². The minimum atomic E-state index is -1.93. The Hall–Kier alpha value is -1.25. The molecule has 0 bridgehead atoms. The Balaban J connectivity index is 3.01. The van der Waals surface area contributed by atoms with Crippen molar-refractivity contribution in [1.82, 2.24) is 0 Å². The van der Waals surface area contributed by atoms with Crippen molar-refractivity contribution < 1.29 is 13.2 Å². The van der Waals surface area contributed by atoms with Crippen LogP contribution in [0.4, 0.5) is 8.78 Å². The van der Waals surface area contributed by atoms with Crippen LogP contribution in [0.2, 0.25) is 19.6 Å². The quantitative estimate of drug-likeness (QED) is 0.760. The average Bonchev–Trinajstić information content (AvgIpc) is 2.11. The maximum Gasteiger partial charge on any atom is 0.186 e. The summed E-state index contributed by atoms with van der Waals surface area (Å²) in [7, 11) is -1.93. The first kappa shape index (κ1) is 12.8. The smallest absolute Gasteiger partial charge is 0.186 e. The van der Waals surface area contributed by atoms with Crippen LogP contribution < -0.4 is 0 Å². The van der Waals surface area contributed by atoms with Crippen molar-refractivity contribution in [3.8, 4) is 6.07 Å². The van der Waals surface area contributed by atoms with Gasteiger partial charge in [0.05, 0.1) is 6.07 Å². The van der Waals surface area contributed by atoms with Crippen molar-refractivity contribution in [3.63, 3.8) is 0 Å². The van der Waals surface area contributed by atoms with Crippen LogP contribution in [0, 0.1) is 23.0 Å². The molecule has 0 N–H and O–H groups in total. The van der Waals surface area contributed by atoms with Gasteiger partial charge in [0.1, 0.15) is 11.6 Å². The SMILES string of the molecule is C[Si](C)(C)O[C@@H](C#N)c1cc(F)cc(F)c1. The summed E-state index contributed by atoms with van der Waals surface area (Å²) < 4.78 is 31.5. The van der Waals surface area contributed by atoms with Gasteiger partial charge in [-0.05, 0) is 37.3 Å². The van der Waals surface area contributed by atoms with Gasteiger partial charge in [-0.25, -0.2) is 8.78 Å². The highest BCUT2D eigenvalue weighted by molar-refractivity contribution is 6.69. The van der Waals surface area contributed by atoms with E-state index in [1.54, 1.807) is 0 Å². The molecular weight excluding hydrogens is 228 g/mol. The summed E-state index contributed by atoms with van der Waals surface area (Å²) in [5.41, 5.74) is 0.224. The highest BCUT2D eigenvalue weighted by Gasteiger charge is 2.22. The molecule has 1 rings (SSSR count). The Morgan fingerprint density at radius 3 is 2.06 bits per heavy atom. The predicted molar refractivity (Wildman–Crippen MR) is 59.1 cm³/mol. The largest absolute Gasteiger partial charge is 0.399 e. The topological polar surface area (TPSA) is 33.0 Å². The fraction of sp³-hybridized carbons (Fsp3) is 0.364. The van der Waals surface area contributed by atoms with E-state index in [9.17, 15) is 8.78 Å². The van der Waals surface area contributed by atoms with Crippen molar-refractivity contribution >= 4 is 8.32 Å². The Kier molecular flexibility index (Phi) is 3.78. The van der Waals surface area contributed by atoms with Gasteiger partial charge in [0.25, 0.3) is 0 Å². The van der Waals surface area contributed by atoms with E-state index in [1.807, 2.05) is 25.7 Å². The standard InChI is InChI=1S/C11H13F2NOSi/c1-16(2,3)15-11(7-14)8-4-9(12)6-10(13)5-8/h4-6,11H,1-3H3/t11-/m0/s1. The number of nitrogens with zero attached hydrogens (tertiary/aromatic N) is 1. The van der Waals surface area contributed by atoms with Crippen LogP contribution in [-0.4, -0.2) is 8.32 Å². The molecule has 0 aromatic heterocycles. The van der Waals surface area contributed by atoms with Gasteiger partial charge in [-0.3, -0.25) is 0 Å². The molecule has 1 aromatic rings. The maximum absolute atomic E-state index is 13.0. The van der Waals surface area contributed by atoms with Gasteiger partial charge in [0, 0.05) is 6.07 Å². The first-order chi connectivity index (χ1) is 7.31. The van der Waals surface area contributed by atoms with Gasteiger partial charge in [-0.1, -0.05) is 0 Å². The Morgan fingerprint density at radius 1 is 1.19 bits per heavy atom. The van der Waals surface area contributed by atoms with Crippen molar-refractivity contribution in [1.29, 1.82) is 5.26 Å². The van der Waals surface area contributed by atoms with E-state index in [-0.39, 0.29) is 5.56 Å². The second-order valence-corrected chi connectivity index (χ2v) is 8.90. The molecule has 2 nitrogen and oxygen atoms in total. The second-order valence-electron chi connectivity index (χ2n) is 4.44. The fourth-order valence-electron chi connectivity index (χ4n) is 1.25. The molecular formula is C11H13F2NOSi. The minimum absolute atomic E-state index is 0.224. The molecule has 5 heteroatoms. The third kappa shape index (κ3) is 3.72. The number of hydrogen-bond acceptors (Lipinski definition) is 2. The van der Waals surface area contributed by atoms with E-state index in [0.717, 1.165) is 18.2 Å². The third-order valence-electron chi connectivity index (χ3n) is 1.78. The number of benzene rings is 1. The van der Waals surface area contributed by atoms with Gasteiger partial charge in [0.2, 0.25) is 0 Å². The van der Waals surface area contributed by atoms with Crippen molar-refractivity contribution in [2.45, 2.75) is 25.7 Å². The summed E-state index contributed by atoms with van der Waals surface area (Å²) >= 11 is 0. The van der Waals surface area contributed by atoms with Gasteiger partial charge < -0.3 is 4.43 Å². The number of halogens is 2. The lowest BCUT2D eigenvalue weighted by Crippen LogP contribution is -2.27. The summed E-state index contributed by atoms with van der Waals surface area (Å²) in [6, 6.07) is 4.92. The van der Waals surface area contributed by atoms with Crippen LogP contribution in [0.3, 0.4) is 0 Å². The lowest BCUT2D eigenvalue weighted by Gasteiger charge is -2.21. The third-order valence-corrected chi connectivity index (χ3v) is 2.72. The average molecular weight is 241 g/mol. The molecule has 0 saturated heterocycles. The molecule has 0 saturated carbocycles. The van der Waals surface area contributed by atoms with Crippen molar-refractivity contribution in [2.24, 2.45) is 0 Å². The van der Waals surface area contributed by atoms with E-state index < -0.39 is 26.1 Å². The minimum Gasteiger partial charge on any atom is -0.399 e. The predicted octanol–water partition coefficient (Wildman–Crippen LogP) is 3.38. The molecule has 0 aliphatic rings. The molecule has 0 fully saturated rings. The van der Waals surface area contributed by atoms with Crippen LogP contribution in [0.25, 0.3) is 0 Å². The molecule has 0 amide bonds. The number of hydrogen-bond donors (Lipinski definition) is 0. The first-order valence-electron chi connectivity index (χ1n) is 4.85. The zero-order chi connectivity index (χ0) is 12.3. The second kappa shape index (κ2) is 4.72. The maximum atomic E-state index is 13.0. The van der Waals surface area contributed by atoms with Crippen molar-refractivity contribution in [3.05, 3.63) is 35.4 Å². The molecule has 1 atom stereocenters. The molecule has 16 heavy (non-hydrogen) atoms. The van der Waals surface area contributed by atoms with Crippen LogP contribution in [-0.2, 0) is 4.43 Å². The molecule has 1 aromatic carbocycles. The normalized spacial score (nSPS) is 13.2. The van der Waals surface area contributed by atoms with E-state index in [1.165, 1.54) is 0 Å². The molecule has 0 spiro atoms. The molecule has 0 aliphatic carbocycles. The Morgan fingerprint density at radius 2 is 1.69 bits per heavy atom. The van der Waals surface area contributed by atoms with Crippen molar-refractivity contribution in [2.75, 3.05) is 0 Å². The first-order valence-corrected chi connectivity index (χ1v) is 8.26. The molecule has 0 unspecified atom stereocenters. The Bertz CT molecular complexity index is 403. The number of nitriles is 1. The van der Waals surface area contributed by atoms with E-state index in [2.05, 4.69) is 0 Å². The van der Waals surface area contributed by atoms with E-state index >= 15 is 0 Å². The van der Waals surface area contributed by atoms with Crippen LogP contribution in [0.1, 0.15) is 11.7 Å². The van der Waals surface area contributed by atoms with Gasteiger partial charge in [-0.2, -0.15) is 5.26 Å². The summed E-state index contributed by atoms with van der Waals surface area (Å²) in [6.07, 6.45) is -0.906. The molecule has 0 aliphatic heterocycles. The molecule has 86 valence electrons. The number of rotatable bonds is 3. The van der Waals surface area contributed by atoms with E-state index in [4.69, 9.17) is 9.69 Å². The fourth-order valence-corrected chi connectivity index (χ4v) is 2.14. The van der Waals surface area contributed by atoms with Crippen LogP contribution >= 0.6 is 0 Å². The molecule has 0 heterocycles. The highest BCUT2D eigenvalue weighted by Crippen LogP contribution is 2.23. The summed E-state index contributed by atoms with van der Waals surface area (Å²) in [4.78, 5) is 0. The summed E-state index contributed by atoms with van der Waals surface area (Å²) in [5, 5.41) is 8.93. The zero-order valence-corrected chi connectivity index (χ0v) is 10.4. The van der Waals surface area contributed by atoms with E-state index in [0.29, 0.717) is 0 Å². The lowest BCUT2D eigenvalue weighted by atomic mass is 10.1. The highest BCUT2D eigenvalue weighted by atomic mass is 28.4. The van der Waals surface area contributed by atoms with Gasteiger partial charge in [0.15, 0.2) is 14.4 Å². The van der Waals surface area contributed by atoms with Crippen LogP contribution in [0.15, 0.2) is 18.2 Å². The Labute approximate surface area is 94.6 Å². The summed E-state index contributed by atoms with van der Waals surface area (Å²) in [5.74, 6) is -1.40. The monoisotopic (exact) mass is 241 g/mol. The van der Waals surface area contributed by atoms with Gasteiger partial charge >= 0.3 is 0 Å². The lowest BCUT2D eigenvalue weighted by molar-refractivity contribution is 0.254. The summed E-state index contributed by atoms with van der Waals surface area (Å²) in [6.45, 7) is 5.73.